The molecule has 1 aliphatic carbocycles. The third kappa shape index (κ3) is 4.25. The van der Waals surface area contributed by atoms with Gasteiger partial charge in [-0.3, -0.25) is 9.20 Å². The second-order valence-electron chi connectivity index (χ2n) is 9.43. The van der Waals surface area contributed by atoms with Crippen molar-refractivity contribution in [2.75, 3.05) is 11.9 Å². The van der Waals surface area contributed by atoms with Crippen LogP contribution in [0.4, 0.5) is 10.2 Å². The fourth-order valence-electron chi connectivity index (χ4n) is 4.42. The van der Waals surface area contributed by atoms with E-state index in [4.69, 9.17) is 10.7 Å². The number of hydrogen-bond donors (Lipinski definition) is 3. The molecule has 2 heterocycles. The van der Waals surface area contributed by atoms with E-state index >= 15 is 4.39 Å². The third-order valence-electron chi connectivity index (χ3n) is 6.34. The first-order valence-electron chi connectivity index (χ1n) is 11.8. The molecule has 4 N–H and O–H groups in total. The minimum atomic E-state index is -0.777. The summed E-state index contributed by atoms with van der Waals surface area (Å²) in [5.74, 6) is -0.286. The van der Waals surface area contributed by atoms with Gasteiger partial charge in [-0.2, -0.15) is 0 Å². The van der Waals surface area contributed by atoms with Crippen LogP contribution in [0.1, 0.15) is 54.1 Å². The number of hydrogen-bond acceptors (Lipinski definition) is 5. The number of imidazole rings is 1. The van der Waals surface area contributed by atoms with Crippen LogP contribution in [0.2, 0.25) is 0 Å². The maximum atomic E-state index is 15.4. The van der Waals surface area contributed by atoms with Crippen molar-refractivity contribution in [2.24, 2.45) is 11.7 Å². The molecule has 2 aromatic heterocycles. The number of carbonyl (C=O) groups excluding carboxylic acids is 1. The highest BCUT2D eigenvalue weighted by Gasteiger charge is 2.32. The molecule has 0 unspecified atom stereocenters. The molecule has 2 aromatic carbocycles. The molecule has 1 amide bonds. The number of fused-ring (bicyclic) bond motifs is 1. The number of benzene rings is 2. The molecular formula is C27H28FN5O2. The van der Waals surface area contributed by atoms with Crippen LogP contribution in [0.15, 0.2) is 48.8 Å². The lowest BCUT2D eigenvalue weighted by Gasteiger charge is -2.15. The second-order valence-corrected chi connectivity index (χ2v) is 9.43. The first kappa shape index (κ1) is 23.0. The Hall–Kier alpha value is -3.78. The molecule has 180 valence electrons. The van der Waals surface area contributed by atoms with Gasteiger partial charge in [0.05, 0.1) is 29.8 Å². The number of nitrogens with one attached hydrogen (secondary N) is 1. The van der Waals surface area contributed by atoms with Gasteiger partial charge in [0.1, 0.15) is 5.82 Å². The lowest BCUT2D eigenvalue weighted by molar-refractivity contribution is 0.0996. The lowest BCUT2D eigenvalue weighted by Crippen LogP contribution is -2.15. The number of nitrogens with zero attached hydrogens (tertiary/aromatic N) is 3. The van der Waals surface area contributed by atoms with Crippen LogP contribution >= 0.6 is 0 Å². The van der Waals surface area contributed by atoms with E-state index in [-0.39, 0.29) is 18.1 Å². The molecule has 5 rings (SSSR count). The molecule has 0 bridgehead atoms. The van der Waals surface area contributed by atoms with E-state index in [2.05, 4.69) is 24.1 Å². The van der Waals surface area contributed by atoms with E-state index in [1.807, 2.05) is 34.9 Å². The quantitative estimate of drug-likeness (QED) is 0.343. The Morgan fingerprint density at radius 1 is 1.23 bits per heavy atom. The summed E-state index contributed by atoms with van der Waals surface area (Å²) in [6.07, 6.45) is 5.30. The predicted molar refractivity (Wildman–Crippen MR) is 134 cm³/mol. The Bertz CT molecular complexity index is 1420. The van der Waals surface area contributed by atoms with Gasteiger partial charge >= 0.3 is 0 Å². The molecular weight excluding hydrogens is 445 g/mol. The summed E-state index contributed by atoms with van der Waals surface area (Å²) in [5.41, 5.74) is 10.1. The Labute approximate surface area is 202 Å². The van der Waals surface area contributed by atoms with Gasteiger partial charge in [0, 0.05) is 29.4 Å². The van der Waals surface area contributed by atoms with Crippen LogP contribution in [0, 0.1) is 11.7 Å². The maximum absolute atomic E-state index is 15.4. The minimum absolute atomic E-state index is 0.0461. The Morgan fingerprint density at radius 3 is 2.69 bits per heavy atom. The molecule has 8 heteroatoms. The van der Waals surface area contributed by atoms with Crippen LogP contribution in [0.5, 0.6) is 0 Å². The van der Waals surface area contributed by atoms with E-state index in [0.29, 0.717) is 46.4 Å². The van der Waals surface area contributed by atoms with Crippen molar-refractivity contribution in [1.29, 1.82) is 0 Å². The summed E-state index contributed by atoms with van der Waals surface area (Å²) in [4.78, 5) is 21.3. The fraction of sp³-hybridized carbons (Fsp3) is 0.296. The number of anilines is 1. The largest absolute Gasteiger partial charge is 0.392 e. The zero-order chi connectivity index (χ0) is 24.7. The van der Waals surface area contributed by atoms with Gasteiger partial charge in [-0.25, -0.2) is 14.4 Å². The highest BCUT2D eigenvalue weighted by atomic mass is 19.1. The van der Waals surface area contributed by atoms with Gasteiger partial charge < -0.3 is 16.2 Å². The van der Waals surface area contributed by atoms with Crippen LogP contribution < -0.4 is 11.1 Å². The number of amides is 1. The van der Waals surface area contributed by atoms with Crippen LogP contribution in [0.3, 0.4) is 0 Å². The number of nitrogens with two attached hydrogens (primary N) is 1. The molecule has 0 radical (unpaired) electrons. The highest BCUT2D eigenvalue weighted by molar-refractivity contribution is 5.94. The van der Waals surface area contributed by atoms with Crippen LogP contribution in [0.25, 0.3) is 28.2 Å². The first-order valence-corrected chi connectivity index (χ1v) is 11.8. The lowest BCUT2D eigenvalue weighted by atomic mass is 9.96. The van der Waals surface area contributed by atoms with Crippen molar-refractivity contribution >= 4 is 17.4 Å². The number of aliphatic hydroxyl groups excluding tert-OH is 1. The molecule has 35 heavy (non-hydrogen) atoms. The normalized spacial score (nSPS) is 13.5. The number of carbonyl (C=O) groups is 1. The molecule has 1 saturated carbocycles. The van der Waals surface area contributed by atoms with E-state index in [1.165, 1.54) is 6.07 Å². The van der Waals surface area contributed by atoms with E-state index in [9.17, 15) is 9.90 Å². The monoisotopic (exact) mass is 473 g/mol. The number of rotatable bonds is 8. The van der Waals surface area contributed by atoms with Gasteiger partial charge in [-0.05, 0) is 36.3 Å². The SMILES string of the molecule is CC(C)CNc1nc(-c2ccccc2CO)cn2c(-c3ccc(C(N)=O)c(F)c3C3CC3)cnc12. The molecule has 0 atom stereocenters. The van der Waals surface area contributed by atoms with Gasteiger partial charge in [-0.1, -0.05) is 44.2 Å². The van der Waals surface area contributed by atoms with Gasteiger partial charge in [0.15, 0.2) is 11.5 Å². The summed E-state index contributed by atoms with van der Waals surface area (Å²) in [6, 6.07) is 10.8. The zero-order valence-corrected chi connectivity index (χ0v) is 19.8. The number of aliphatic hydroxyl groups is 1. The fourth-order valence-corrected chi connectivity index (χ4v) is 4.42. The molecule has 0 aliphatic heterocycles. The smallest absolute Gasteiger partial charge is 0.251 e. The van der Waals surface area contributed by atoms with Gasteiger partial charge in [0.2, 0.25) is 0 Å². The average Bonchev–Trinajstić information content (AvgIpc) is 3.59. The molecule has 1 aliphatic rings. The van der Waals surface area contributed by atoms with Gasteiger partial charge in [-0.15, -0.1) is 0 Å². The first-order chi connectivity index (χ1) is 16.9. The predicted octanol–water partition coefficient (Wildman–Crippen LogP) is 4.74. The summed E-state index contributed by atoms with van der Waals surface area (Å²) in [7, 11) is 0. The average molecular weight is 474 g/mol. The molecule has 1 fully saturated rings. The topological polar surface area (TPSA) is 106 Å². The number of halogens is 1. The number of aromatic nitrogens is 3. The summed E-state index contributed by atoms with van der Waals surface area (Å²) in [6.45, 7) is 4.80. The maximum Gasteiger partial charge on any atom is 0.251 e. The van der Waals surface area contributed by atoms with Crippen molar-refractivity contribution in [3.05, 3.63) is 71.3 Å². The summed E-state index contributed by atoms with van der Waals surface area (Å²) >= 11 is 0. The Morgan fingerprint density at radius 2 is 2.00 bits per heavy atom. The van der Waals surface area contributed by atoms with Gasteiger partial charge in [0.25, 0.3) is 5.91 Å². The highest BCUT2D eigenvalue weighted by Crippen LogP contribution is 2.46. The van der Waals surface area contributed by atoms with Crippen LogP contribution in [-0.2, 0) is 6.61 Å². The van der Waals surface area contributed by atoms with Crippen molar-refractivity contribution in [1.82, 2.24) is 14.4 Å². The van der Waals surface area contributed by atoms with E-state index < -0.39 is 11.7 Å². The summed E-state index contributed by atoms with van der Waals surface area (Å²) in [5, 5.41) is 13.3. The van der Waals surface area contributed by atoms with Crippen molar-refractivity contribution in [2.45, 2.75) is 39.2 Å². The third-order valence-corrected chi connectivity index (χ3v) is 6.34. The molecule has 4 aromatic rings. The van der Waals surface area contributed by atoms with Crippen molar-refractivity contribution < 1.29 is 14.3 Å². The Kier molecular flexibility index (Phi) is 5.98. The van der Waals surface area contributed by atoms with Crippen molar-refractivity contribution in [3.8, 4) is 22.5 Å². The second kappa shape index (κ2) is 9.11. The number of primary amides is 1. The molecule has 7 nitrogen and oxygen atoms in total. The standard InChI is InChI=1S/C27H28FN5O2/c1-15(2)11-30-26-27-31-12-22(19-9-10-20(25(29)35)24(28)23(19)16-7-8-16)33(27)13-21(32-26)18-6-4-3-5-17(18)14-34/h3-6,9-10,12-13,15-16,34H,7-8,11,14H2,1-2H3,(H2,29,35)(H,30,32). The Balaban J connectivity index is 1.75. The zero-order valence-electron chi connectivity index (χ0n) is 19.8. The van der Waals surface area contributed by atoms with Crippen molar-refractivity contribution in [3.63, 3.8) is 0 Å². The van der Waals surface area contributed by atoms with Crippen LogP contribution in [-0.4, -0.2) is 31.9 Å². The van der Waals surface area contributed by atoms with E-state index in [0.717, 1.165) is 24.0 Å². The molecule has 0 spiro atoms. The van der Waals surface area contributed by atoms with E-state index in [1.54, 1.807) is 12.3 Å². The summed E-state index contributed by atoms with van der Waals surface area (Å²) < 4.78 is 17.3. The molecule has 0 saturated heterocycles. The minimum Gasteiger partial charge on any atom is -0.392 e.